The first-order valence-corrected chi connectivity index (χ1v) is 0.651. The first-order valence-electron chi connectivity index (χ1n) is 0.651. The minimum atomic E-state index is -1.83. The van der Waals surface area contributed by atoms with E-state index in [9.17, 15) is 0 Å². The van der Waals surface area contributed by atoms with Crippen LogP contribution in [0.25, 0.3) is 0 Å². The Morgan fingerprint density at radius 3 is 1.43 bits per heavy atom. The minimum Gasteiger partial charge on any atom is -1.00 e. The van der Waals surface area contributed by atoms with Crippen LogP contribution in [0.3, 0.4) is 0 Å². The van der Waals surface area contributed by atoms with Crippen molar-refractivity contribution in [2.45, 2.75) is 0 Å². The zero-order valence-electron chi connectivity index (χ0n) is 4.79. The van der Waals surface area contributed by atoms with E-state index >= 15 is 0 Å². The zero-order chi connectivity index (χ0) is 3.58. The normalized spacial score (nSPS) is 3.43. The summed E-state index contributed by atoms with van der Waals surface area (Å²) >= 11 is 0. The van der Waals surface area contributed by atoms with Crippen molar-refractivity contribution in [1.82, 2.24) is 0 Å². The van der Waals surface area contributed by atoms with E-state index in [0.717, 1.165) is 0 Å². The average molecular weight is 195 g/mol. The number of rotatable bonds is 0. The van der Waals surface area contributed by atoms with Gasteiger partial charge in [0.15, 0.2) is 0 Å². The van der Waals surface area contributed by atoms with Crippen LogP contribution < -0.4 is 29.6 Å². The maximum Gasteiger partial charge on any atom is 1.00 e. The van der Waals surface area contributed by atoms with Crippen molar-refractivity contribution in [2.24, 2.45) is 0 Å². The molecule has 0 bridgehead atoms. The zero-order valence-corrected chi connectivity index (χ0v) is 8.63. The van der Waals surface area contributed by atoms with Gasteiger partial charge in [0.1, 0.15) is 0 Å². The smallest absolute Gasteiger partial charge is 1.00 e. The predicted octanol–water partition coefficient (Wildman–Crippen LogP) is -2.51. The number of hydrogen-bond donors (Lipinski definition) is 2. The summed E-state index contributed by atoms with van der Waals surface area (Å²) in [5.74, 6) is 0. The summed E-state index contributed by atoms with van der Waals surface area (Å²) in [7, 11) is 0. The van der Waals surface area contributed by atoms with Gasteiger partial charge in [-0.05, 0) is 0 Å². The van der Waals surface area contributed by atoms with E-state index in [1.165, 1.54) is 0 Å². The molecule has 1 radical (unpaired) electrons. The molecule has 7 heavy (non-hydrogen) atoms. The van der Waals surface area contributed by atoms with Crippen LogP contribution in [0.5, 0.6) is 0 Å². The Bertz CT molecular complexity index is 42.3. The van der Waals surface area contributed by atoms with Crippen molar-refractivity contribution < 1.29 is 83.4 Å². The molecule has 0 aliphatic carbocycles. The van der Waals surface area contributed by atoms with E-state index in [1.54, 1.807) is 0 Å². The Kier molecular flexibility index (Phi) is 53.5. The van der Waals surface area contributed by atoms with Crippen LogP contribution in [0, 0.1) is 0 Å². The molecule has 0 aromatic carbocycles. The number of carbonyl (C=O) groups is 1. The maximum atomic E-state index is 8.56. The molecule has 0 saturated heterocycles. The summed E-state index contributed by atoms with van der Waals surface area (Å²) in [6.07, 6.45) is -1.83. The van der Waals surface area contributed by atoms with Crippen molar-refractivity contribution in [3.63, 3.8) is 0 Å². The van der Waals surface area contributed by atoms with Gasteiger partial charge in [0.05, 0.1) is 0 Å². The van der Waals surface area contributed by atoms with E-state index in [4.69, 9.17) is 15.0 Å². The fourth-order valence-electron chi connectivity index (χ4n) is 0. The molecule has 0 aliphatic heterocycles. The molecule has 0 rings (SSSR count). The van der Waals surface area contributed by atoms with Gasteiger partial charge in [-0.25, -0.2) is 4.79 Å². The van der Waals surface area contributed by atoms with E-state index in [1.807, 2.05) is 0 Å². The third kappa shape index (κ3) is 121. The van der Waals surface area contributed by atoms with Gasteiger partial charge < -0.3 is 11.6 Å². The summed E-state index contributed by atoms with van der Waals surface area (Å²) < 4.78 is 0. The van der Waals surface area contributed by atoms with Crippen LogP contribution in [-0.4, -0.2) is 16.4 Å². The van der Waals surface area contributed by atoms with Gasteiger partial charge in [-0.3, -0.25) is 4.70 Å². The molecule has 0 fully saturated rings. The van der Waals surface area contributed by atoms with Gasteiger partial charge in [0.25, 0.3) is 0 Å². The molecule has 3 nitrogen and oxygen atoms in total. The van der Waals surface area contributed by atoms with Crippen LogP contribution in [0.1, 0.15) is 1.43 Å². The van der Waals surface area contributed by atoms with Gasteiger partial charge in [-0.1, -0.05) is 0 Å². The fraction of sp³-hybridized carbons (Fsp3) is 0. The fourth-order valence-corrected chi connectivity index (χ4v) is 0. The Balaban J connectivity index is -0.00000000750. The van der Waals surface area contributed by atoms with E-state index in [-0.39, 0.29) is 68.4 Å². The van der Waals surface area contributed by atoms with Crippen LogP contribution in [0.15, 0.2) is 0 Å². The Morgan fingerprint density at radius 2 is 1.43 bits per heavy atom. The second-order valence-corrected chi connectivity index (χ2v) is 0.283. The van der Waals surface area contributed by atoms with Gasteiger partial charge >= 0.3 is 35.7 Å². The summed E-state index contributed by atoms with van der Waals surface area (Å²) in [6, 6.07) is 0. The quantitative estimate of drug-likeness (QED) is 0.419. The summed E-state index contributed by atoms with van der Waals surface area (Å²) in [6.45, 7) is 0. The standard InChI is InChI=1S/CH2O3.FH.Na.Y.H/c2-1(3)4;;;;/h(H2,2,3,4);1H;;;/q;;+1;;-1. The molecule has 0 heterocycles. The van der Waals surface area contributed by atoms with Crippen molar-refractivity contribution in [2.75, 3.05) is 0 Å². The number of halogens is 1. The molecule has 2 N–H and O–H groups in total. The van der Waals surface area contributed by atoms with Crippen molar-refractivity contribution >= 4 is 6.16 Å². The van der Waals surface area contributed by atoms with Gasteiger partial charge in [0, 0.05) is 32.7 Å². The second kappa shape index (κ2) is 15.7. The maximum absolute atomic E-state index is 8.56. The van der Waals surface area contributed by atoms with Gasteiger partial charge in [-0.2, -0.15) is 0 Å². The first kappa shape index (κ1) is 23.9. The Hall–Kier alpha value is 1.30. The second-order valence-electron chi connectivity index (χ2n) is 0.283. The number of carboxylic acid groups (broad SMARTS) is 2. The van der Waals surface area contributed by atoms with Crippen molar-refractivity contribution in [3.05, 3.63) is 0 Å². The van der Waals surface area contributed by atoms with Crippen LogP contribution in [0.4, 0.5) is 9.50 Å². The molecular weight excluding hydrogens is 191 g/mol. The molecule has 0 spiro atoms. The Labute approximate surface area is 88.5 Å². The molecule has 0 aromatic rings. The van der Waals surface area contributed by atoms with Gasteiger partial charge in [0.2, 0.25) is 0 Å². The summed E-state index contributed by atoms with van der Waals surface area (Å²) in [4.78, 5) is 8.56. The van der Waals surface area contributed by atoms with Crippen molar-refractivity contribution in [3.8, 4) is 0 Å². The monoisotopic (exact) mass is 195 g/mol. The van der Waals surface area contributed by atoms with Crippen LogP contribution >= 0.6 is 0 Å². The number of hydrogen-bond acceptors (Lipinski definition) is 1. The molecule has 0 atom stereocenters. The van der Waals surface area contributed by atoms with Gasteiger partial charge in [-0.15, -0.1) is 0 Å². The third-order valence-corrected chi connectivity index (χ3v) is 0. The van der Waals surface area contributed by atoms with Crippen LogP contribution in [0.2, 0.25) is 0 Å². The molecule has 0 unspecified atom stereocenters. The minimum absolute atomic E-state index is 0. The molecule has 0 aromatic heterocycles. The molecule has 6 heteroatoms. The molecule has 0 amide bonds. The molecule has 37 valence electrons. The Morgan fingerprint density at radius 1 is 1.43 bits per heavy atom. The molecule has 0 aliphatic rings. The topological polar surface area (TPSA) is 57.5 Å². The van der Waals surface area contributed by atoms with Crippen LogP contribution in [-0.2, 0) is 32.7 Å². The molecular formula is CH4FNaO3Y. The van der Waals surface area contributed by atoms with Crippen molar-refractivity contribution in [1.29, 1.82) is 0 Å². The summed E-state index contributed by atoms with van der Waals surface area (Å²) in [5.41, 5.74) is 0. The SMILES string of the molecule is F.O=C(O)O.[H-].[Na+].[Y]. The van der Waals surface area contributed by atoms with E-state index in [0.29, 0.717) is 0 Å². The predicted molar refractivity (Wildman–Crippen MR) is 14.3 cm³/mol. The summed E-state index contributed by atoms with van der Waals surface area (Å²) in [5, 5.41) is 13.9. The largest absolute Gasteiger partial charge is 1.00 e. The third-order valence-electron chi connectivity index (χ3n) is 0. The molecule has 0 saturated carbocycles. The van der Waals surface area contributed by atoms with E-state index < -0.39 is 6.16 Å². The first-order chi connectivity index (χ1) is 1.73. The average Bonchev–Trinajstić information content (AvgIpc) is 0.811. The van der Waals surface area contributed by atoms with E-state index in [2.05, 4.69) is 0 Å².